The molecule has 27 heavy (non-hydrogen) atoms. The lowest BCUT2D eigenvalue weighted by Gasteiger charge is -2.06. The number of ether oxygens (including phenoxy) is 1. The summed E-state index contributed by atoms with van der Waals surface area (Å²) < 4.78 is 5.23. The Labute approximate surface area is 168 Å². The van der Waals surface area contributed by atoms with Gasteiger partial charge in [0.1, 0.15) is 11.6 Å². The van der Waals surface area contributed by atoms with Crippen LogP contribution < -0.4 is 21.5 Å². The number of nitrogen functional groups attached to an aromatic ring is 1. The number of thiazole rings is 1. The number of anilines is 2. The summed E-state index contributed by atoms with van der Waals surface area (Å²) in [4.78, 5) is 17.2. The molecule has 0 saturated carbocycles. The summed E-state index contributed by atoms with van der Waals surface area (Å²) in [6, 6.07) is 9.14. The van der Waals surface area contributed by atoms with Crippen molar-refractivity contribution in [2.75, 3.05) is 11.9 Å². The van der Waals surface area contributed by atoms with E-state index < -0.39 is 5.91 Å². The van der Waals surface area contributed by atoms with Crippen LogP contribution in [0.25, 0.3) is 0 Å². The van der Waals surface area contributed by atoms with E-state index in [1.807, 2.05) is 29.0 Å². The minimum Gasteiger partial charge on any atom is -0.484 e. The lowest BCUT2D eigenvalue weighted by molar-refractivity contribution is -0.119. The number of hydrogen-bond acceptors (Lipinski definition) is 8. The largest absolute Gasteiger partial charge is 0.484 e. The maximum atomic E-state index is 10.7. The normalized spacial score (nSPS) is 10.5. The molecule has 0 saturated heterocycles. The molecular weight excluding hydrogens is 402 g/mol. The number of benzene rings is 1. The van der Waals surface area contributed by atoms with Crippen molar-refractivity contribution in [2.45, 2.75) is 10.6 Å². The van der Waals surface area contributed by atoms with Crippen molar-refractivity contribution in [3.05, 3.63) is 51.7 Å². The highest BCUT2D eigenvalue weighted by Crippen LogP contribution is 2.29. The van der Waals surface area contributed by atoms with Gasteiger partial charge in [-0.25, -0.2) is 4.98 Å². The lowest BCUT2D eigenvalue weighted by Crippen LogP contribution is -2.19. The Morgan fingerprint density at radius 3 is 2.67 bits per heavy atom. The third-order valence-electron chi connectivity index (χ3n) is 3.27. The maximum Gasteiger partial charge on any atom is 0.255 e. The van der Waals surface area contributed by atoms with Crippen LogP contribution in [0.15, 0.2) is 46.0 Å². The van der Waals surface area contributed by atoms with E-state index in [1.165, 1.54) is 22.7 Å². The van der Waals surface area contributed by atoms with E-state index in [2.05, 4.69) is 10.3 Å². The molecule has 0 bridgehead atoms. The Morgan fingerprint density at radius 2 is 2.00 bits per heavy atom. The molecule has 1 amide bonds. The van der Waals surface area contributed by atoms with Crippen LogP contribution in [0.4, 0.5) is 10.8 Å². The molecule has 0 radical (unpaired) electrons. The van der Waals surface area contributed by atoms with Crippen LogP contribution >= 0.6 is 34.4 Å². The summed E-state index contributed by atoms with van der Waals surface area (Å²) >= 11 is 4.66. The van der Waals surface area contributed by atoms with Gasteiger partial charge in [-0.1, -0.05) is 0 Å². The van der Waals surface area contributed by atoms with E-state index in [-0.39, 0.29) is 12.4 Å². The van der Waals surface area contributed by atoms with Gasteiger partial charge in [0.2, 0.25) is 0 Å². The molecule has 2 aromatic heterocycles. The van der Waals surface area contributed by atoms with Crippen LogP contribution in [-0.4, -0.2) is 23.3 Å². The number of carbonyl (C=O) groups excluding carboxylic acids is 1. The molecule has 3 aromatic rings. The summed E-state index contributed by atoms with van der Waals surface area (Å²) in [6.45, 7) is -0.141. The molecule has 2 heterocycles. The highest BCUT2D eigenvalue weighted by atomic mass is 32.2. The molecule has 6 N–H and O–H groups in total. The topological polar surface area (TPSA) is 127 Å². The zero-order valence-corrected chi connectivity index (χ0v) is 16.5. The summed E-state index contributed by atoms with van der Waals surface area (Å²) in [5, 5.41) is 15.5. The van der Waals surface area contributed by atoms with E-state index >= 15 is 0 Å². The maximum absolute atomic E-state index is 10.7. The summed E-state index contributed by atoms with van der Waals surface area (Å²) in [5.41, 5.74) is 12.4. The number of thiophene rings is 1. The Balaban J connectivity index is 1.52. The van der Waals surface area contributed by atoms with E-state index in [0.29, 0.717) is 5.75 Å². The van der Waals surface area contributed by atoms with Gasteiger partial charge in [-0.3, -0.25) is 10.2 Å². The highest BCUT2D eigenvalue weighted by Gasteiger charge is 2.07. The Bertz CT molecular complexity index is 936. The van der Waals surface area contributed by atoms with Crippen LogP contribution in [0.5, 0.6) is 5.75 Å². The number of carbonyl (C=O) groups is 1. The fraction of sp³-hybridized carbons (Fsp3) is 0.118. The first kappa shape index (κ1) is 19.2. The fourth-order valence-corrected chi connectivity index (χ4v) is 4.66. The molecule has 0 spiro atoms. The molecule has 3 rings (SSSR count). The number of amidine groups is 1. The second-order valence-electron chi connectivity index (χ2n) is 5.40. The van der Waals surface area contributed by atoms with Crippen molar-refractivity contribution in [1.82, 2.24) is 4.98 Å². The van der Waals surface area contributed by atoms with Crippen LogP contribution in [0.1, 0.15) is 10.6 Å². The summed E-state index contributed by atoms with van der Waals surface area (Å²) in [6.07, 6.45) is 0. The van der Waals surface area contributed by atoms with Gasteiger partial charge in [-0.05, 0) is 30.3 Å². The molecule has 10 heteroatoms. The number of amides is 1. The quantitative estimate of drug-likeness (QED) is 0.239. The Hall–Kier alpha value is -2.56. The van der Waals surface area contributed by atoms with Crippen molar-refractivity contribution < 1.29 is 9.53 Å². The molecule has 1 aromatic carbocycles. The average Bonchev–Trinajstić information content (AvgIpc) is 3.29. The van der Waals surface area contributed by atoms with Crippen LogP contribution in [0, 0.1) is 5.41 Å². The second-order valence-corrected chi connectivity index (χ2v) is 8.22. The number of aromatic nitrogens is 1. The van der Waals surface area contributed by atoms with Crippen molar-refractivity contribution in [3.63, 3.8) is 0 Å². The third-order valence-corrected chi connectivity index (χ3v) is 6.19. The number of nitrogens with two attached hydrogens (primary N) is 2. The number of rotatable bonds is 9. The second kappa shape index (κ2) is 8.89. The van der Waals surface area contributed by atoms with Gasteiger partial charge in [0.15, 0.2) is 11.7 Å². The minimum absolute atomic E-state index is 0.0954. The molecule has 0 aliphatic rings. The molecular formula is C17H17N5O2S3. The minimum atomic E-state index is -0.509. The lowest BCUT2D eigenvalue weighted by atomic mass is 10.3. The van der Waals surface area contributed by atoms with Crippen molar-refractivity contribution >= 4 is 57.0 Å². The van der Waals surface area contributed by atoms with Gasteiger partial charge in [0.25, 0.3) is 5.91 Å². The average molecular weight is 420 g/mol. The monoisotopic (exact) mass is 419 g/mol. The molecule has 140 valence electrons. The Kier molecular flexibility index (Phi) is 6.32. The van der Waals surface area contributed by atoms with Crippen molar-refractivity contribution in [2.24, 2.45) is 11.5 Å². The van der Waals surface area contributed by atoms with Crippen molar-refractivity contribution in [1.29, 1.82) is 5.41 Å². The first-order chi connectivity index (χ1) is 13.0. The number of hydrogen-bond donors (Lipinski definition) is 4. The molecule has 0 aliphatic heterocycles. The third kappa shape index (κ3) is 5.71. The smallest absolute Gasteiger partial charge is 0.255 e. The van der Waals surface area contributed by atoms with E-state index in [1.54, 1.807) is 23.9 Å². The molecule has 0 aliphatic carbocycles. The first-order valence-electron chi connectivity index (χ1n) is 7.78. The van der Waals surface area contributed by atoms with Gasteiger partial charge in [0.05, 0.1) is 10.6 Å². The summed E-state index contributed by atoms with van der Waals surface area (Å²) in [5.74, 6) is 0.909. The van der Waals surface area contributed by atoms with E-state index in [0.717, 1.165) is 32.0 Å². The zero-order chi connectivity index (χ0) is 19.2. The molecule has 0 atom stereocenters. The predicted molar refractivity (Wildman–Crippen MR) is 111 cm³/mol. The van der Waals surface area contributed by atoms with E-state index in [4.69, 9.17) is 21.6 Å². The van der Waals surface area contributed by atoms with Gasteiger partial charge in [-0.15, -0.1) is 34.4 Å². The number of nitrogens with one attached hydrogen (secondary N) is 2. The van der Waals surface area contributed by atoms with Crippen LogP contribution in [-0.2, 0) is 10.5 Å². The molecule has 7 nitrogen and oxygen atoms in total. The number of nitrogens with zero attached hydrogens (tertiary/aromatic N) is 1. The number of thioether (sulfide) groups is 1. The van der Waals surface area contributed by atoms with Gasteiger partial charge >= 0.3 is 0 Å². The Morgan fingerprint density at radius 1 is 1.22 bits per heavy atom. The molecule has 0 fully saturated rings. The standard InChI is InChI=1S/C17H17N5O2S3/c18-15(23)6-24-12-3-1-10(2-4-12)21-17-22-11(8-27-17)7-25-13-5-14(16(19)20)26-9-13/h1-5,8-9H,6-7H2,(H2,18,23)(H3,19,20)(H,21,22). The summed E-state index contributed by atoms with van der Waals surface area (Å²) in [7, 11) is 0. The van der Waals surface area contributed by atoms with Crippen LogP contribution in [0.2, 0.25) is 0 Å². The highest BCUT2D eigenvalue weighted by molar-refractivity contribution is 7.98. The van der Waals surface area contributed by atoms with E-state index in [9.17, 15) is 4.79 Å². The van der Waals surface area contributed by atoms with Gasteiger partial charge < -0.3 is 21.5 Å². The fourth-order valence-electron chi connectivity index (χ4n) is 2.04. The zero-order valence-electron chi connectivity index (χ0n) is 14.1. The van der Waals surface area contributed by atoms with Gasteiger partial charge in [-0.2, -0.15) is 0 Å². The first-order valence-corrected chi connectivity index (χ1v) is 10.5. The predicted octanol–water partition coefficient (Wildman–Crippen LogP) is 3.39. The number of primary amides is 1. The van der Waals surface area contributed by atoms with Gasteiger partial charge in [0, 0.05) is 27.1 Å². The van der Waals surface area contributed by atoms with Crippen LogP contribution in [0.3, 0.4) is 0 Å². The van der Waals surface area contributed by atoms with Crippen molar-refractivity contribution in [3.8, 4) is 5.75 Å². The molecule has 0 unspecified atom stereocenters. The SMILES string of the molecule is N=C(N)c1cc(SCc2csc(Nc3ccc(OCC(N)=O)cc3)n2)cs1.